The van der Waals surface area contributed by atoms with Crippen LogP contribution in [0.4, 0.5) is 0 Å². The Bertz CT molecular complexity index is 475. The van der Waals surface area contributed by atoms with Crippen LogP contribution in [0.1, 0.15) is 11.7 Å². The van der Waals surface area contributed by atoms with E-state index in [4.69, 9.17) is 27.9 Å². The van der Waals surface area contributed by atoms with Crippen LogP contribution in [-0.2, 0) is 16.0 Å². The molecule has 1 aliphatic rings. The highest BCUT2D eigenvalue weighted by atomic mass is 35.5. The molecule has 1 aliphatic heterocycles. The second-order valence-corrected chi connectivity index (χ2v) is 5.65. The second kappa shape index (κ2) is 6.99. The molecule has 0 amide bonds. The molecule has 106 valence electrons. The van der Waals surface area contributed by atoms with Crippen LogP contribution in [0.15, 0.2) is 18.2 Å². The summed E-state index contributed by atoms with van der Waals surface area (Å²) in [5, 5.41) is 3.98. The van der Waals surface area contributed by atoms with Gasteiger partial charge in [-0.2, -0.15) is 0 Å². The van der Waals surface area contributed by atoms with E-state index in [1.165, 1.54) is 0 Å². The molecule has 5 nitrogen and oxygen atoms in total. The highest BCUT2D eigenvalue weighted by Crippen LogP contribution is 2.29. The van der Waals surface area contributed by atoms with Crippen molar-refractivity contribution in [3.63, 3.8) is 0 Å². The highest BCUT2D eigenvalue weighted by molar-refractivity contribution is 7.77. The SMILES string of the molecule is O=S([O-])N[C@H]1CNCCO[C@@H]1c1ccc(Cl)c(Cl)c1. The van der Waals surface area contributed by atoms with Crippen molar-refractivity contribution in [2.24, 2.45) is 0 Å². The average molecular weight is 324 g/mol. The molecule has 3 atom stereocenters. The lowest BCUT2D eigenvalue weighted by molar-refractivity contribution is 0.0492. The van der Waals surface area contributed by atoms with Crippen LogP contribution < -0.4 is 10.0 Å². The van der Waals surface area contributed by atoms with Gasteiger partial charge in [0.15, 0.2) is 0 Å². The largest absolute Gasteiger partial charge is 0.760 e. The van der Waals surface area contributed by atoms with Gasteiger partial charge in [0.2, 0.25) is 0 Å². The van der Waals surface area contributed by atoms with Crippen LogP contribution in [0, 0.1) is 0 Å². The Morgan fingerprint density at radius 1 is 1.42 bits per heavy atom. The molecular weight excluding hydrogens is 311 g/mol. The maximum atomic E-state index is 10.8. The first kappa shape index (κ1) is 15.2. The van der Waals surface area contributed by atoms with Gasteiger partial charge in [-0.25, -0.2) is 4.72 Å². The molecule has 0 radical (unpaired) electrons. The quantitative estimate of drug-likeness (QED) is 0.825. The van der Waals surface area contributed by atoms with Crippen molar-refractivity contribution in [2.75, 3.05) is 19.7 Å². The fourth-order valence-corrected chi connectivity index (χ4v) is 2.74. The van der Waals surface area contributed by atoms with E-state index in [9.17, 15) is 8.76 Å². The van der Waals surface area contributed by atoms with Crippen LogP contribution in [0.2, 0.25) is 10.0 Å². The number of nitrogens with one attached hydrogen (secondary N) is 2. The monoisotopic (exact) mass is 323 g/mol. The average Bonchev–Trinajstić information content (AvgIpc) is 2.57. The molecule has 1 heterocycles. The molecule has 0 saturated carbocycles. The minimum Gasteiger partial charge on any atom is -0.760 e. The summed E-state index contributed by atoms with van der Waals surface area (Å²) in [6.45, 7) is 1.65. The predicted molar refractivity (Wildman–Crippen MR) is 73.9 cm³/mol. The fraction of sp³-hybridized carbons (Fsp3) is 0.455. The van der Waals surface area contributed by atoms with Crippen LogP contribution in [0.5, 0.6) is 0 Å². The van der Waals surface area contributed by atoms with Crippen molar-refractivity contribution < 1.29 is 13.5 Å². The fourth-order valence-electron chi connectivity index (χ4n) is 1.98. The zero-order valence-corrected chi connectivity index (χ0v) is 12.2. The number of halogens is 2. The third-order valence-corrected chi connectivity index (χ3v) is 4.06. The number of rotatable bonds is 3. The van der Waals surface area contributed by atoms with Gasteiger partial charge >= 0.3 is 0 Å². The Balaban J connectivity index is 2.25. The lowest BCUT2D eigenvalue weighted by Gasteiger charge is -2.27. The summed E-state index contributed by atoms with van der Waals surface area (Å²) in [5.41, 5.74) is 0.793. The van der Waals surface area contributed by atoms with E-state index in [0.717, 1.165) is 5.56 Å². The normalized spacial score (nSPS) is 25.8. The third kappa shape index (κ3) is 4.13. The van der Waals surface area contributed by atoms with Gasteiger partial charge in [0.25, 0.3) is 0 Å². The van der Waals surface area contributed by atoms with Crippen molar-refractivity contribution in [1.29, 1.82) is 0 Å². The maximum Gasteiger partial charge on any atom is 0.100 e. The van der Waals surface area contributed by atoms with Gasteiger partial charge in [0, 0.05) is 24.4 Å². The predicted octanol–water partition coefficient (Wildman–Crippen LogP) is 1.41. The van der Waals surface area contributed by atoms with Gasteiger partial charge < -0.3 is 14.6 Å². The Hall–Kier alpha value is -0.210. The van der Waals surface area contributed by atoms with Crippen molar-refractivity contribution in [1.82, 2.24) is 10.0 Å². The number of hydrogen-bond donors (Lipinski definition) is 2. The van der Waals surface area contributed by atoms with E-state index in [-0.39, 0.29) is 0 Å². The first-order chi connectivity index (χ1) is 9.08. The van der Waals surface area contributed by atoms with Crippen LogP contribution in [0.25, 0.3) is 0 Å². The molecule has 8 heteroatoms. The highest BCUT2D eigenvalue weighted by Gasteiger charge is 2.26. The standard InChI is InChI=1S/C11H14Cl2N2O3S/c12-8-2-1-7(5-9(8)13)11-10(15-19(16)17)6-14-3-4-18-11/h1-2,5,10-11,14-15H,3-4,6H2,(H,16,17)/p-1/t10-,11+/m0/s1. The number of benzene rings is 1. The van der Waals surface area contributed by atoms with E-state index < -0.39 is 23.4 Å². The summed E-state index contributed by atoms with van der Waals surface area (Å²) in [4.78, 5) is 0. The molecule has 2 rings (SSSR count). The number of hydrogen-bond acceptors (Lipinski definition) is 4. The summed E-state index contributed by atoms with van der Waals surface area (Å²) < 4.78 is 29.8. The molecule has 1 fully saturated rings. The van der Waals surface area contributed by atoms with E-state index in [2.05, 4.69) is 10.0 Å². The molecule has 0 aromatic heterocycles. The van der Waals surface area contributed by atoms with Crippen molar-refractivity contribution in [3.05, 3.63) is 33.8 Å². The zero-order chi connectivity index (χ0) is 13.8. The van der Waals surface area contributed by atoms with E-state index in [1.54, 1.807) is 18.2 Å². The maximum absolute atomic E-state index is 10.8. The summed E-state index contributed by atoms with van der Waals surface area (Å²) in [6.07, 6.45) is -0.400. The third-order valence-electron chi connectivity index (χ3n) is 2.83. The molecule has 0 bridgehead atoms. The Morgan fingerprint density at radius 2 is 2.21 bits per heavy atom. The zero-order valence-electron chi connectivity index (χ0n) is 9.90. The molecule has 19 heavy (non-hydrogen) atoms. The van der Waals surface area contributed by atoms with Crippen molar-refractivity contribution >= 4 is 34.5 Å². The molecule has 1 aromatic carbocycles. The topological polar surface area (TPSA) is 73.4 Å². The van der Waals surface area contributed by atoms with Gasteiger partial charge in [0.1, 0.15) is 6.10 Å². The van der Waals surface area contributed by atoms with Crippen molar-refractivity contribution in [2.45, 2.75) is 12.1 Å². The summed E-state index contributed by atoms with van der Waals surface area (Å²) in [6, 6.07) is 4.76. The van der Waals surface area contributed by atoms with Gasteiger partial charge in [-0.05, 0) is 17.7 Å². The summed E-state index contributed by atoms with van der Waals surface area (Å²) in [7, 11) is 0. The molecule has 0 aliphatic carbocycles. The van der Waals surface area contributed by atoms with E-state index >= 15 is 0 Å². The molecule has 1 unspecified atom stereocenters. The second-order valence-electron chi connectivity index (χ2n) is 4.13. The van der Waals surface area contributed by atoms with Gasteiger partial charge in [-0.3, -0.25) is 4.21 Å². The van der Waals surface area contributed by atoms with Crippen molar-refractivity contribution in [3.8, 4) is 0 Å². The van der Waals surface area contributed by atoms with Gasteiger partial charge in [0.05, 0.1) is 22.7 Å². The Labute approximate surface area is 124 Å². The van der Waals surface area contributed by atoms with Crippen LogP contribution in [0.3, 0.4) is 0 Å². The minimum absolute atomic E-state index is 0.391. The summed E-state index contributed by atoms with van der Waals surface area (Å²) >= 11 is 9.50. The molecular formula is C11H13Cl2N2O3S-. The first-order valence-electron chi connectivity index (χ1n) is 5.70. The Kier molecular flexibility index (Phi) is 5.58. The first-order valence-corrected chi connectivity index (χ1v) is 7.53. The van der Waals surface area contributed by atoms with Crippen LogP contribution in [-0.4, -0.2) is 34.5 Å². The molecule has 2 N–H and O–H groups in total. The summed E-state index contributed by atoms with van der Waals surface area (Å²) in [5.74, 6) is 0. The lowest BCUT2D eigenvalue weighted by Crippen LogP contribution is -2.42. The number of ether oxygens (including phenoxy) is 1. The van der Waals surface area contributed by atoms with Gasteiger partial charge in [-0.15, -0.1) is 0 Å². The van der Waals surface area contributed by atoms with Crippen LogP contribution >= 0.6 is 23.2 Å². The van der Waals surface area contributed by atoms with Gasteiger partial charge in [-0.1, -0.05) is 29.3 Å². The smallest absolute Gasteiger partial charge is 0.100 e. The van der Waals surface area contributed by atoms with E-state index in [1.807, 2.05) is 0 Å². The molecule has 1 aromatic rings. The minimum atomic E-state index is -2.35. The molecule has 1 saturated heterocycles. The lowest BCUT2D eigenvalue weighted by atomic mass is 10.0. The Morgan fingerprint density at radius 3 is 2.89 bits per heavy atom. The molecule has 0 spiro atoms. The van der Waals surface area contributed by atoms with E-state index in [0.29, 0.717) is 29.7 Å².